The first-order valence-electron chi connectivity index (χ1n) is 10.4. The van der Waals surface area contributed by atoms with Crippen molar-refractivity contribution in [1.29, 1.82) is 0 Å². The van der Waals surface area contributed by atoms with E-state index >= 15 is 0 Å². The highest BCUT2D eigenvalue weighted by atomic mass is 127. The topological polar surface area (TPSA) is 76.0 Å². The quantitative estimate of drug-likeness (QED) is 0.271. The lowest BCUT2D eigenvalue weighted by Crippen LogP contribution is -2.48. The van der Waals surface area contributed by atoms with E-state index in [0.29, 0.717) is 31.7 Å². The monoisotopic (exact) mass is 516 g/mol. The lowest BCUT2D eigenvalue weighted by atomic mass is 9.98. The van der Waals surface area contributed by atoms with Gasteiger partial charge in [0.2, 0.25) is 5.88 Å². The summed E-state index contributed by atoms with van der Waals surface area (Å²) in [5.74, 6) is 1.32. The number of hydrogen-bond acceptors (Lipinski definition) is 5. The van der Waals surface area contributed by atoms with E-state index in [2.05, 4.69) is 20.2 Å². The maximum atomic E-state index is 12.1. The molecule has 1 saturated carbocycles. The van der Waals surface area contributed by atoms with Crippen LogP contribution in [0.4, 0.5) is 0 Å². The van der Waals surface area contributed by atoms with Crippen LogP contribution < -0.4 is 10.1 Å². The van der Waals surface area contributed by atoms with Crippen molar-refractivity contribution in [1.82, 2.24) is 15.2 Å². The Labute approximate surface area is 190 Å². The molecule has 1 saturated heterocycles. The number of nitrogens with zero attached hydrogens (tertiary/aromatic N) is 3. The molecule has 7 nitrogen and oxygen atoms in total. The predicted molar refractivity (Wildman–Crippen MR) is 124 cm³/mol. The number of nitrogens with one attached hydrogen (secondary N) is 1. The van der Waals surface area contributed by atoms with E-state index in [0.717, 1.165) is 43.8 Å². The zero-order chi connectivity index (χ0) is 19.8. The van der Waals surface area contributed by atoms with Crippen LogP contribution in [0.25, 0.3) is 0 Å². The molecule has 2 aliphatic rings. The Morgan fingerprint density at radius 3 is 2.72 bits per heavy atom. The molecule has 162 valence electrons. The molecule has 1 N–H and O–H groups in total. The van der Waals surface area contributed by atoms with Crippen LogP contribution in [0.1, 0.15) is 51.0 Å². The van der Waals surface area contributed by atoms with Gasteiger partial charge in [-0.2, -0.15) is 0 Å². The Morgan fingerprint density at radius 1 is 1.28 bits per heavy atom. The SMILES string of the molecule is CCOC(=O)C1CCCN(C(=NC)NCc2ccc(OC3CCCC3)nc2)C1.I. The molecule has 0 bridgehead atoms. The minimum Gasteiger partial charge on any atom is -0.474 e. The van der Waals surface area contributed by atoms with Crippen molar-refractivity contribution < 1.29 is 14.3 Å². The van der Waals surface area contributed by atoms with E-state index in [1.807, 2.05) is 25.3 Å². The van der Waals surface area contributed by atoms with Crippen LogP contribution in [0, 0.1) is 5.92 Å². The second-order valence-electron chi connectivity index (χ2n) is 7.47. The van der Waals surface area contributed by atoms with Crippen molar-refractivity contribution in [3.8, 4) is 5.88 Å². The van der Waals surface area contributed by atoms with E-state index in [-0.39, 0.29) is 35.9 Å². The fourth-order valence-electron chi connectivity index (χ4n) is 3.90. The number of carbonyl (C=O) groups excluding carboxylic acids is 1. The maximum Gasteiger partial charge on any atom is 0.310 e. The zero-order valence-corrected chi connectivity index (χ0v) is 19.8. The number of pyridine rings is 1. The van der Waals surface area contributed by atoms with Crippen molar-refractivity contribution in [2.45, 2.75) is 58.1 Å². The second-order valence-corrected chi connectivity index (χ2v) is 7.47. The summed E-state index contributed by atoms with van der Waals surface area (Å²) >= 11 is 0. The average Bonchev–Trinajstić information content (AvgIpc) is 3.23. The van der Waals surface area contributed by atoms with E-state index < -0.39 is 0 Å². The second kappa shape index (κ2) is 12.2. The number of halogens is 1. The van der Waals surface area contributed by atoms with Gasteiger partial charge in [-0.05, 0) is 51.0 Å². The highest BCUT2D eigenvalue weighted by Gasteiger charge is 2.28. The number of aromatic nitrogens is 1. The van der Waals surface area contributed by atoms with E-state index in [1.165, 1.54) is 12.8 Å². The fourth-order valence-corrected chi connectivity index (χ4v) is 3.90. The smallest absolute Gasteiger partial charge is 0.310 e. The van der Waals surface area contributed by atoms with Gasteiger partial charge in [0.1, 0.15) is 6.10 Å². The number of rotatable bonds is 6. The Morgan fingerprint density at radius 2 is 2.07 bits per heavy atom. The van der Waals surface area contributed by atoms with Gasteiger partial charge in [-0.3, -0.25) is 9.79 Å². The van der Waals surface area contributed by atoms with Gasteiger partial charge < -0.3 is 19.7 Å². The van der Waals surface area contributed by atoms with E-state index in [9.17, 15) is 4.79 Å². The van der Waals surface area contributed by atoms with Crippen LogP contribution >= 0.6 is 24.0 Å². The number of guanidine groups is 1. The first-order valence-corrected chi connectivity index (χ1v) is 10.4. The molecule has 3 rings (SSSR count). The van der Waals surface area contributed by atoms with Crippen molar-refractivity contribution in [2.75, 3.05) is 26.7 Å². The summed E-state index contributed by atoms with van der Waals surface area (Å²) in [6.45, 7) is 4.43. The molecule has 1 atom stereocenters. The first kappa shape index (κ1) is 23.7. The lowest BCUT2D eigenvalue weighted by Gasteiger charge is -2.33. The normalized spacial score (nSPS) is 20.1. The molecule has 1 aromatic rings. The summed E-state index contributed by atoms with van der Waals surface area (Å²) < 4.78 is 11.1. The molecule has 2 heterocycles. The Hall–Kier alpha value is -1.58. The van der Waals surface area contributed by atoms with Gasteiger partial charge in [0.15, 0.2) is 5.96 Å². The van der Waals surface area contributed by atoms with Crippen LogP contribution in [0.2, 0.25) is 0 Å². The highest BCUT2D eigenvalue weighted by Crippen LogP contribution is 2.23. The summed E-state index contributed by atoms with van der Waals surface area (Å²) in [6.07, 6.45) is 8.76. The largest absolute Gasteiger partial charge is 0.474 e. The molecule has 0 radical (unpaired) electrons. The number of piperidine rings is 1. The van der Waals surface area contributed by atoms with Crippen molar-refractivity contribution in [3.05, 3.63) is 23.9 Å². The van der Waals surface area contributed by atoms with Gasteiger partial charge >= 0.3 is 5.97 Å². The molecule has 2 fully saturated rings. The molecule has 29 heavy (non-hydrogen) atoms. The molecule has 0 spiro atoms. The maximum absolute atomic E-state index is 12.1. The number of esters is 1. The number of ether oxygens (including phenoxy) is 2. The summed E-state index contributed by atoms with van der Waals surface area (Å²) in [7, 11) is 1.77. The summed E-state index contributed by atoms with van der Waals surface area (Å²) in [6, 6.07) is 3.98. The van der Waals surface area contributed by atoms with Crippen molar-refractivity contribution >= 4 is 35.9 Å². The van der Waals surface area contributed by atoms with Crippen LogP contribution in [0.15, 0.2) is 23.3 Å². The average molecular weight is 516 g/mol. The molecule has 0 amide bonds. The van der Waals surface area contributed by atoms with Crippen LogP contribution in [0.3, 0.4) is 0 Å². The predicted octanol–water partition coefficient (Wildman–Crippen LogP) is 3.37. The van der Waals surface area contributed by atoms with Gasteiger partial charge in [-0.25, -0.2) is 4.98 Å². The number of aliphatic imine (C=N–C) groups is 1. The van der Waals surface area contributed by atoms with Crippen LogP contribution in [-0.2, 0) is 16.1 Å². The lowest BCUT2D eigenvalue weighted by molar-refractivity contribution is -0.149. The molecule has 0 aromatic carbocycles. The number of likely N-dealkylation sites (tertiary alicyclic amines) is 1. The van der Waals surface area contributed by atoms with Gasteiger partial charge in [-0.15, -0.1) is 24.0 Å². The van der Waals surface area contributed by atoms with Gasteiger partial charge in [0.25, 0.3) is 0 Å². The van der Waals surface area contributed by atoms with Crippen molar-refractivity contribution in [2.24, 2.45) is 10.9 Å². The Kier molecular flexibility index (Phi) is 9.96. The van der Waals surface area contributed by atoms with E-state index in [4.69, 9.17) is 9.47 Å². The van der Waals surface area contributed by atoms with Crippen molar-refractivity contribution in [3.63, 3.8) is 0 Å². The van der Waals surface area contributed by atoms with E-state index in [1.54, 1.807) is 7.05 Å². The number of carbonyl (C=O) groups is 1. The Bertz CT molecular complexity index is 662. The fraction of sp³-hybridized carbons (Fsp3) is 0.667. The standard InChI is InChI=1S/C21H32N4O3.HI/c1-3-27-20(26)17-7-6-12-25(15-17)21(22-2)24-14-16-10-11-19(23-13-16)28-18-8-4-5-9-18;/h10-11,13,17-18H,3-9,12,14-15H2,1-2H3,(H,22,24);1H. The molecule has 1 aromatic heterocycles. The van der Waals surface area contributed by atoms with Gasteiger partial charge in [0.05, 0.1) is 12.5 Å². The first-order chi connectivity index (χ1) is 13.7. The minimum absolute atomic E-state index is 0. The minimum atomic E-state index is -0.107. The highest BCUT2D eigenvalue weighted by molar-refractivity contribution is 14.0. The third-order valence-electron chi connectivity index (χ3n) is 5.39. The third kappa shape index (κ3) is 7.01. The molecular weight excluding hydrogens is 483 g/mol. The molecule has 8 heteroatoms. The van der Waals surface area contributed by atoms with Crippen LogP contribution in [0.5, 0.6) is 5.88 Å². The molecular formula is C21H33IN4O3. The number of hydrogen-bond donors (Lipinski definition) is 1. The Balaban J connectivity index is 0.00000300. The molecule has 1 aliphatic carbocycles. The molecule has 1 unspecified atom stereocenters. The summed E-state index contributed by atoms with van der Waals surface area (Å²) in [5.41, 5.74) is 1.07. The zero-order valence-electron chi connectivity index (χ0n) is 17.4. The van der Waals surface area contributed by atoms with Gasteiger partial charge in [0, 0.05) is 38.9 Å². The van der Waals surface area contributed by atoms with Crippen LogP contribution in [-0.4, -0.2) is 54.7 Å². The summed E-state index contributed by atoms with van der Waals surface area (Å²) in [4.78, 5) is 23.0. The van der Waals surface area contributed by atoms with Gasteiger partial charge in [-0.1, -0.05) is 6.07 Å². The molecule has 1 aliphatic heterocycles. The third-order valence-corrected chi connectivity index (χ3v) is 5.39. The summed E-state index contributed by atoms with van der Waals surface area (Å²) in [5, 5.41) is 3.38.